The number of aliphatic hydroxyl groups is 1. The first kappa shape index (κ1) is 13.6. The monoisotopic (exact) mass is 229 g/mol. The molecule has 0 amide bonds. The Balaban J connectivity index is 2.72. The molecule has 0 aliphatic heterocycles. The topological polar surface area (TPSA) is 72.5 Å². The molecule has 0 heterocycles. The van der Waals surface area contributed by atoms with Crippen LogP contribution in [0.2, 0.25) is 0 Å². The highest BCUT2D eigenvalue weighted by Gasteiger charge is 2.42. The van der Waals surface area contributed by atoms with Crippen molar-refractivity contribution in [2.75, 3.05) is 6.61 Å². The van der Waals surface area contributed by atoms with Gasteiger partial charge in [-0.3, -0.25) is 0 Å². The summed E-state index contributed by atoms with van der Waals surface area (Å²) in [6.07, 6.45) is 2.81. The minimum absolute atomic E-state index is 0.106. The van der Waals surface area contributed by atoms with Gasteiger partial charge in [0, 0.05) is 24.5 Å². The molecule has 0 aromatic carbocycles. The quantitative estimate of drug-likeness (QED) is 0.695. The Hall–Kier alpha value is -0.450. The highest BCUT2D eigenvalue weighted by atomic mass is 16.6. The van der Waals surface area contributed by atoms with Crippen molar-refractivity contribution in [2.24, 2.45) is 11.1 Å². The number of carbonyl (C=O) groups excluding carboxylic acids is 1. The predicted molar refractivity (Wildman–Crippen MR) is 61.8 cm³/mol. The summed E-state index contributed by atoms with van der Waals surface area (Å²) in [6.45, 7) is 3.88. The molecule has 4 heteroatoms. The van der Waals surface area contributed by atoms with Gasteiger partial charge < -0.3 is 20.4 Å². The minimum Gasteiger partial charge on any atom is -0.367 e. The molecule has 0 saturated heterocycles. The molecule has 1 saturated carbocycles. The zero-order valence-electron chi connectivity index (χ0n) is 10.2. The van der Waals surface area contributed by atoms with Gasteiger partial charge in [0.1, 0.15) is 5.78 Å². The van der Waals surface area contributed by atoms with E-state index in [9.17, 15) is 9.90 Å². The van der Waals surface area contributed by atoms with Gasteiger partial charge in [0.15, 0.2) is 6.29 Å². The highest BCUT2D eigenvalue weighted by molar-refractivity contribution is 5.76. The zero-order chi connectivity index (χ0) is 12.2. The van der Waals surface area contributed by atoms with E-state index in [1.54, 1.807) is 6.92 Å². The molecule has 1 unspecified atom stereocenters. The molecule has 1 rings (SSSR count). The lowest BCUT2D eigenvalue weighted by Gasteiger charge is -2.41. The molecule has 1 fully saturated rings. The first-order chi connectivity index (χ1) is 7.50. The van der Waals surface area contributed by atoms with Crippen molar-refractivity contribution in [1.82, 2.24) is 0 Å². The van der Waals surface area contributed by atoms with E-state index in [2.05, 4.69) is 0 Å². The Morgan fingerprint density at radius 3 is 2.56 bits per heavy atom. The fourth-order valence-corrected chi connectivity index (χ4v) is 2.56. The van der Waals surface area contributed by atoms with Crippen molar-refractivity contribution < 1.29 is 14.6 Å². The molecule has 0 spiro atoms. The van der Waals surface area contributed by atoms with Gasteiger partial charge in [-0.1, -0.05) is 0 Å². The lowest BCUT2D eigenvalue weighted by molar-refractivity contribution is -0.188. The first-order valence-corrected chi connectivity index (χ1v) is 6.05. The summed E-state index contributed by atoms with van der Waals surface area (Å²) in [5, 5.41) is 10.0. The van der Waals surface area contributed by atoms with Crippen LogP contribution in [0.4, 0.5) is 0 Å². The van der Waals surface area contributed by atoms with Crippen molar-refractivity contribution in [2.45, 2.75) is 58.3 Å². The van der Waals surface area contributed by atoms with Crippen molar-refractivity contribution >= 4 is 5.78 Å². The third kappa shape index (κ3) is 3.27. The fourth-order valence-electron chi connectivity index (χ4n) is 2.56. The summed E-state index contributed by atoms with van der Waals surface area (Å²) >= 11 is 0. The molecular formula is C12H23NO3. The summed E-state index contributed by atoms with van der Waals surface area (Å²) in [6, 6.07) is 0.203. The lowest BCUT2D eigenvalue weighted by atomic mass is 9.69. The number of ether oxygens (including phenoxy) is 1. The molecule has 0 aromatic rings. The molecule has 94 valence electrons. The third-order valence-electron chi connectivity index (χ3n) is 3.48. The highest BCUT2D eigenvalue weighted by Crippen LogP contribution is 2.42. The Bertz CT molecular complexity index is 234. The Kier molecular flexibility index (Phi) is 4.89. The van der Waals surface area contributed by atoms with Crippen molar-refractivity contribution in [3.8, 4) is 0 Å². The summed E-state index contributed by atoms with van der Waals surface area (Å²) in [5.41, 5.74) is 5.45. The van der Waals surface area contributed by atoms with E-state index in [-0.39, 0.29) is 11.8 Å². The van der Waals surface area contributed by atoms with Crippen LogP contribution in [0.1, 0.15) is 46.0 Å². The van der Waals surface area contributed by atoms with Crippen LogP contribution >= 0.6 is 0 Å². The molecular weight excluding hydrogens is 206 g/mol. The first-order valence-electron chi connectivity index (χ1n) is 6.05. The van der Waals surface area contributed by atoms with Gasteiger partial charge in [-0.2, -0.15) is 0 Å². The minimum atomic E-state index is -0.839. The van der Waals surface area contributed by atoms with Gasteiger partial charge in [-0.25, -0.2) is 0 Å². The molecule has 3 N–H and O–H groups in total. The van der Waals surface area contributed by atoms with E-state index in [0.29, 0.717) is 13.0 Å². The van der Waals surface area contributed by atoms with Gasteiger partial charge in [0.2, 0.25) is 0 Å². The smallest absolute Gasteiger partial charge is 0.160 e. The maximum Gasteiger partial charge on any atom is 0.160 e. The summed E-state index contributed by atoms with van der Waals surface area (Å²) < 4.78 is 5.28. The summed E-state index contributed by atoms with van der Waals surface area (Å²) in [4.78, 5) is 11.3. The van der Waals surface area contributed by atoms with Crippen LogP contribution < -0.4 is 5.73 Å². The number of rotatable bonds is 5. The normalized spacial score (nSPS) is 32.4. The van der Waals surface area contributed by atoms with E-state index in [0.717, 1.165) is 25.7 Å². The standard InChI is InChI=1S/C12H23NO3/c1-3-16-11(15)12(8-9(2)14)6-4-10(13)5-7-12/h10-11,15H,3-8,13H2,1-2H3. The van der Waals surface area contributed by atoms with Gasteiger partial charge in [0.05, 0.1) is 0 Å². The maximum absolute atomic E-state index is 11.3. The van der Waals surface area contributed by atoms with E-state index in [1.165, 1.54) is 0 Å². The Labute approximate surface area is 97.2 Å². The van der Waals surface area contributed by atoms with Crippen LogP contribution in [0.3, 0.4) is 0 Å². The zero-order valence-corrected chi connectivity index (χ0v) is 10.2. The van der Waals surface area contributed by atoms with Gasteiger partial charge in [-0.15, -0.1) is 0 Å². The molecule has 16 heavy (non-hydrogen) atoms. The molecule has 0 bridgehead atoms. The van der Waals surface area contributed by atoms with Crippen molar-refractivity contribution in [3.05, 3.63) is 0 Å². The second-order valence-corrected chi connectivity index (χ2v) is 4.89. The molecule has 0 radical (unpaired) electrons. The average molecular weight is 229 g/mol. The molecule has 1 aliphatic rings. The molecule has 1 atom stereocenters. The number of aliphatic hydroxyl groups excluding tert-OH is 1. The van der Waals surface area contributed by atoms with E-state index >= 15 is 0 Å². The third-order valence-corrected chi connectivity index (χ3v) is 3.48. The largest absolute Gasteiger partial charge is 0.367 e. The fraction of sp³-hybridized carbons (Fsp3) is 0.917. The van der Waals surface area contributed by atoms with Crippen LogP contribution in [-0.4, -0.2) is 29.8 Å². The van der Waals surface area contributed by atoms with Crippen LogP contribution in [0.15, 0.2) is 0 Å². The second-order valence-electron chi connectivity index (χ2n) is 4.89. The van der Waals surface area contributed by atoms with Crippen molar-refractivity contribution in [1.29, 1.82) is 0 Å². The number of carbonyl (C=O) groups is 1. The van der Waals surface area contributed by atoms with Crippen LogP contribution in [-0.2, 0) is 9.53 Å². The summed E-state index contributed by atoms with van der Waals surface area (Å²) in [7, 11) is 0. The molecule has 0 aromatic heterocycles. The average Bonchev–Trinajstić information content (AvgIpc) is 2.21. The van der Waals surface area contributed by atoms with Crippen LogP contribution in [0.5, 0.6) is 0 Å². The van der Waals surface area contributed by atoms with Gasteiger partial charge in [0.25, 0.3) is 0 Å². The SMILES string of the molecule is CCOC(O)C1(CC(C)=O)CCC(N)CC1. The number of hydrogen-bond donors (Lipinski definition) is 2. The van der Waals surface area contributed by atoms with Crippen molar-refractivity contribution in [3.63, 3.8) is 0 Å². The number of hydrogen-bond acceptors (Lipinski definition) is 4. The number of Topliss-reactive ketones (excluding diaryl/α,β-unsaturated/α-hetero) is 1. The van der Waals surface area contributed by atoms with Crippen LogP contribution in [0.25, 0.3) is 0 Å². The number of ketones is 1. The maximum atomic E-state index is 11.3. The molecule has 4 nitrogen and oxygen atoms in total. The lowest BCUT2D eigenvalue weighted by Crippen LogP contribution is -2.44. The molecule has 1 aliphatic carbocycles. The van der Waals surface area contributed by atoms with Gasteiger partial charge >= 0.3 is 0 Å². The predicted octanol–water partition coefficient (Wildman–Crippen LogP) is 1.21. The summed E-state index contributed by atoms with van der Waals surface area (Å²) in [5.74, 6) is 0.106. The van der Waals surface area contributed by atoms with E-state index in [1.807, 2.05) is 6.92 Å². The number of nitrogens with two attached hydrogens (primary N) is 1. The van der Waals surface area contributed by atoms with Crippen LogP contribution in [0, 0.1) is 5.41 Å². The van der Waals surface area contributed by atoms with E-state index in [4.69, 9.17) is 10.5 Å². The Morgan fingerprint density at radius 1 is 1.56 bits per heavy atom. The second kappa shape index (κ2) is 5.75. The van der Waals surface area contributed by atoms with Gasteiger partial charge in [-0.05, 0) is 39.5 Å². The van der Waals surface area contributed by atoms with E-state index < -0.39 is 11.7 Å². The Morgan fingerprint density at radius 2 is 2.12 bits per heavy atom.